The lowest BCUT2D eigenvalue weighted by atomic mass is 9.97. The maximum atomic E-state index is 12.7. The van der Waals surface area contributed by atoms with Gasteiger partial charge in [-0.05, 0) is 33.1 Å². The van der Waals surface area contributed by atoms with Crippen LogP contribution in [0.15, 0.2) is 4.52 Å². The zero-order chi connectivity index (χ0) is 15.7. The van der Waals surface area contributed by atoms with Gasteiger partial charge in [0, 0.05) is 18.0 Å². The van der Waals surface area contributed by atoms with Crippen molar-refractivity contribution < 1.29 is 14.2 Å². The van der Waals surface area contributed by atoms with Crippen LogP contribution in [0, 0.1) is 10.1 Å². The molecule has 1 amide bonds. The highest BCUT2D eigenvalue weighted by atomic mass is 16.6. The molecule has 1 aliphatic rings. The summed E-state index contributed by atoms with van der Waals surface area (Å²) in [5, 5.41) is 15.0. The SMILES string of the molecule is CC(C)c1onc(C(=O)N2[C@@H](C)CCC[C@@H]2C)c1[N+](=O)[O-]. The molecule has 0 aliphatic carbocycles. The summed E-state index contributed by atoms with van der Waals surface area (Å²) in [7, 11) is 0. The summed E-state index contributed by atoms with van der Waals surface area (Å²) in [6.07, 6.45) is 2.86. The molecule has 0 saturated carbocycles. The molecule has 116 valence electrons. The number of piperidine rings is 1. The van der Waals surface area contributed by atoms with Crippen LogP contribution < -0.4 is 0 Å². The number of likely N-dealkylation sites (tertiary alicyclic amines) is 1. The fourth-order valence-corrected chi connectivity index (χ4v) is 2.94. The van der Waals surface area contributed by atoms with E-state index in [9.17, 15) is 14.9 Å². The maximum Gasteiger partial charge on any atom is 0.344 e. The molecule has 0 spiro atoms. The quantitative estimate of drug-likeness (QED) is 0.631. The van der Waals surface area contributed by atoms with Gasteiger partial charge in [0.25, 0.3) is 5.91 Å². The molecule has 0 N–H and O–H groups in total. The van der Waals surface area contributed by atoms with E-state index in [4.69, 9.17) is 4.52 Å². The van der Waals surface area contributed by atoms with Crippen LogP contribution in [-0.4, -0.2) is 33.0 Å². The van der Waals surface area contributed by atoms with E-state index >= 15 is 0 Å². The highest BCUT2D eigenvalue weighted by molar-refractivity contribution is 5.96. The second-order valence-electron chi connectivity index (χ2n) is 6.00. The minimum atomic E-state index is -0.571. The molecule has 0 aromatic carbocycles. The van der Waals surface area contributed by atoms with Gasteiger partial charge in [0.15, 0.2) is 0 Å². The molecule has 1 aromatic heterocycles. The zero-order valence-electron chi connectivity index (χ0n) is 12.8. The molecule has 0 bridgehead atoms. The molecular weight excluding hydrogens is 274 g/mol. The first-order valence-electron chi connectivity index (χ1n) is 7.31. The molecule has 1 saturated heterocycles. The van der Waals surface area contributed by atoms with Crippen molar-refractivity contribution in [2.24, 2.45) is 0 Å². The number of carbonyl (C=O) groups excluding carboxylic acids is 1. The molecule has 21 heavy (non-hydrogen) atoms. The molecule has 2 rings (SSSR count). The van der Waals surface area contributed by atoms with Gasteiger partial charge in [-0.2, -0.15) is 0 Å². The Morgan fingerprint density at radius 2 is 1.95 bits per heavy atom. The summed E-state index contributed by atoms with van der Waals surface area (Å²) >= 11 is 0. The fourth-order valence-electron chi connectivity index (χ4n) is 2.94. The standard InChI is InChI=1S/C14H21N3O4/c1-8(2)13-12(17(19)20)11(15-21-13)14(18)16-9(3)6-5-7-10(16)4/h8-10H,5-7H2,1-4H3/t9-,10-/m0/s1. The first kappa shape index (κ1) is 15.5. The van der Waals surface area contributed by atoms with Crippen molar-refractivity contribution in [3.8, 4) is 0 Å². The minimum Gasteiger partial charge on any atom is -0.353 e. The molecule has 0 unspecified atom stereocenters. The largest absolute Gasteiger partial charge is 0.353 e. The Balaban J connectivity index is 2.41. The Morgan fingerprint density at radius 1 is 1.38 bits per heavy atom. The molecule has 7 nitrogen and oxygen atoms in total. The molecule has 1 aliphatic heterocycles. The number of amides is 1. The van der Waals surface area contributed by atoms with E-state index in [2.05, 4.69) is 5.16 Å². The fraction of sp³-hybridized carbons (Fsp3) is 0.714. The number of hydrogen-bond acceptors (Lipinski definition) is 5. The van der Waals surface area contributed by atoms with Gasteiger partial charge in [0.05, 0.1) is 4.92 Å². The summed E-state index contributed by atoms with van der Waals surface area (Å²) in [6, 6.07) is 0.111. The lowest BCUT2D eigenvalue weighted by Crippen LogP contribution is -2.47. The van der Waals surface area contributed by atoms with Crippen LogP contribution in [0.2, 0.25) is 0 Å². The first-order chi connectivity index (χ1) is 9.84. The number of aromatic nitrogens is 1. The van der Waals surface area contributed by atoms with Gasteiger partial charge in [-0.3, -0.25) is 14.9 Å². The topological polar surface area (TPSA) is 89.5 Å². The Kier molecular flexibility index (Phi) is 4.29. The van der Waals surface area contributed by atoms with Crippen molar-refractivity contribution in [3.05, 3.63) is 21.6 Å². The Labute approximate surface area is 123 Å². The van der Waals surface area contributed by atoms with E-state index in [1.165, 1.54) is 0 Å². The summed E-state index contributed by atoms with van der Waals surface area (Å²) in [6.45, 7) is 7.47. The Hall–Kier alpha value is -1.92. The lowest BCUT2D eigenvalue weighted by molar-refractivity contribution is -0.386. The number of carbonyl (C=O) groups is 1. The molecule has 1 aromatic rings. The monoisotopic (exact) mass is 295 g/mol. The van der Waals surface area contributed by atoms with Gasteiger partial charge in [0.2, 0.25) is 11.5 Å². The molecule has 0 radical (unpaired) electrons. The summed E-state index contributed by atoms with van der Waals surface area (Å²) in [5.41, 5.74) is -0.468. The molecular formula is C14H21N3O4. The van der Waals surface area contributed by atoms with E-state index < -0.39 is 10.8 Å². The molecule has 7 heteroatoms. The van der Waals surface area contributed by atoms with Crippen LogP contribution in [0.4, 0.5) is 5.69 Å². The predicted octanol–water partition coefficient (Wildman–Crippen LogP) is 3.11. The zero-order valence-corrected chi connectivity index (χ0v) is 12.8. The first-order valence-corrected chi connectivity index (χ1v) is 7.31. The third kappa shape index (κ3) is 2.77. The number of rotatable bonds is 3. The molecule has 2 heterocycles. The maximum absolute atomic E-state index is 12.7. The highest BCUT2D eigenvalue weighted by Crippen LogP contribution is 2.32. The van der Waals surface area contributed by atoms with Gasteiger partial charge < -0.3 is 9.42 Å². The van der Waals surface area contributed by atoms with Crippen molar-refractivity contribution >= 4 is 11.6 Å². The van der Waals surface area contributed by atoms with Crippen molar-refractivity contribution in [2.45, 2.75) is 65.0 Å². The van der Waals surface area contributed by atoms with E-state index in [0.717, 1.165) is 19.3 Å². The summed E-state index contributed by atoms with van der Waals surface area (Å²) < 4.78 is 5.06. The Morgan fingerprint density at radius 3 is 2.43 bits per heavy atom. The lowest BCUT2D eigenvalue weighted by Gasteiger charge is -2.38. The third-order valence-corrected chi connectivity index (χ3v) is 4.03. The van der Waals surface area contributed by atoms with Crippen LogP contribution in [0.1, 0.15) is 69.1 Å². The van der Waals surface area contributed by atoms with Crippen LogP contribution in [0.25, 0.3) is 0 Å². The predicted molar refractivity (Wildman–Crippen MR) is 76.2 cm³/mol. The molecule has 2 atom stereocenters. The average molecular weight is 295 g/mol. The number of hydrogen-bond donors (Lipinski definition) is 0. The van der Waals surface area contributed by atoms with E-state index in [1.807, 2.05) is 13.8 Å². The van der Waals surface area contributed by atoms with Crippen molar-refractivity contribution in [2.75, 3.05) is 0 Å². The smallest absolute Gasteiger partial charge is 0.344 e. The van der Waals surface area contributed by atoms with Crippen molar-refractivity contribution in [1.82, 2.24) is 10.1 Å². The van der Waals surface area contributed by atoms with Crippen molar-refractivity contribution in [1.29, 1.82) is 0 Å². The summed E-state index contributed by atoms with van der Waals surface area (Å²) in [4.78, 5) is 25.1. The van der Waals surface area contributed by atoms with E-state index in [-0.39, 0.29) is 35.1 Å². The number of nitrogens with zero attached hydrogens (tertiary/aromatic N) is 3. The van der Waals surface area contributed by atoms with Crippen LogP contribution >= 0.6 is 0 Å². The number of nitro groups is 1. The van der Waals surface area contributed by atoms with Gasteiger partial charge in [0.1, 0.15) is 0 Å². The average Bonchev–Trinajstić information content (AvgIpc) is 2.83. The Bertz CT molecular complexity index is 542. The normalized spacial score (nSPS) is 22.6. The van der Waals surface area contributed by atoms with E-state index in [0.29, 0.717) is 0 Å². The summed E-state index contributed by atoms with van der Waals surface area (Å²) in [5.74, 6) is -0.451. The molecule has 1 fully saturated rings. The van der Waals surface area contributed by atoms with Crippen molar-refractivity contribution in [3.63, 3.8) is 0 Å². The van der Waals surface area contributed by atoms with Crippen LogP contribution in [0.3, 0.4) is 0 Å². The van der Waals surface area contributed by atoms with E-state index in [1.54, 1.807) is 18.7 Å². The van der Waals surface area contributed by atoms with Gasteiger partial charge in [-0.15, -0.1) is 0 Å². The van der Waals surface area contributed by atoms with Gasteiger partial charge >= 0.3 is 5.69 Å². The van der Waals surface area contributed by atoms with Crippen LogP contribution in [-0.2, 0) is 0 Å². The second-order valence-corrected chi connectivity index (χ2v) is 6.00. The highest BCUT2D eigenvalue weighted by Gasteiger charge is 2.38. The second kappa shape index (κ2) is 5.83. The van der Waals surface area contributed by atoms with Gasteiger partial charge in [-0.1, -0.05) is 19.0 Å². The third-order valence-electron chi connectivity index (χ3n) is 4.03. The van der Waals surface area contributed by atoms with Gasteiger partial charge in [-0.25, -0.2) is 0 Å². The van der Waals surface area contributed by atoms with Crippen LogP contribution in [0.5, 0.6) is 0 Å². The minimum absolute atomic E-state index is 0.0556.